The smallest absolute Gasteiger partial charge is 0.339 e. The van der Waals surface area contributed by atoms with Crippen molar-refractivity contribution in [1.29, 1.82) is 0 Å². The molecule has 5 N–H and O–H groups in total. The first-order chi connectivity index (χ1) is 9.45. The Hall–Kier alpha value is -2.77. The van der Waals surface area contributed by atoms with E-state index in [4.69, 9.17) is 5.11 Å². The Kier molecular flexibility index (Phi) is 3.74. The van der Waals surface area contributed by atoms with E-state index >= 15 is 0 Å². The van der Waals surface area contributed by atoms with Gasteiger partial charge in [0.25, 0.3) is 0 Å². The molecule has 1 atom stereocenters. The van der Waals surface area contributed by atoms with Crippen LogP contribution in [0.25, 0.3) is 0 Å². The van der Waals surface area contributed by atoms with Gasteiger partial charge in [-0.15, -0.1) is 0 Å². The second-order valence-corrected chi connectivity index (χ2v) is 4.34. The van der Waals surface area contributed by atoms with Crippen LogP contribution in [-0.4, -0.2) is 40.7 Å². The summed E-state index contributed by atoms with van der Waals surface area (Å²) in [6.45, 7) is 0.363. The number of carbonyl (C=O) groups excluding carboxylic acids is 2. The second kappa shape index (κ2) is 5.47. The van der Waals surface area contributed by atoms with Gasteiger partial charge < -0.3 is 26.2 Å². The van der Waals surface area contributed by atoms with Crippen LogP contribution in [0.5, 0.6) is 5.75 Å². The van der Waals surface area contributed by atoms with Crippen molar-refractivity contribution in [2.75, 3.05) is 11.9 Å². The maximum Gasteiger partial charge on any atom is 0.339 e. The third-order valence-electron chi connectivity index (χ3n) is 2.80. The van der Waals surface area contributed by atoms with Crippen molar-refractivity contribution >= 4 is 23.6 Å². The lowest BCUT2D eigenvalue weighted by atomic mass is 10.2. The molecule has 0 radical (unpaired) electrons. The molecular formula is C12H13N3O5. The van der Waals surface area contributed by atoms with Gasteiger partial charge in [-0.05, 0) is 18.2 Å². The number of anilines is 1. The third-order valence-corrected chi connectivity index (χ3v) is 2.80. The molecule has 0 aliphatic carbocycles. The monoisotopic (exact) mass is 279 g/mol. The number of hydrogen-bond acceptors (Lipinski definition) is 4. The molecule has 1 saturated heterocycles. The van der Waals surface area contributed by atoms with E-state index in [2.05, 4.69) is 16.0 Å². The third kappa shape index (κ3) is 3.16. The van der Waals surface area contributed by atoms with E-state index in [1.807, 2.05) is 0 Å². The number of urea groups is 1. The topological polar surface area (TPSA) is 128 Å². The molecule has 0 aromatic heterocycles. The van der Waals surface area contributed by atoms with Gasteiger partial charge in [-0.3, -0.25) is 4.79 Å². The summed E-state index contributed by atoms with van der Waals surface area (Å²) in [5.41, 5.74) is -0.0736. The number of carbonyl (C=O) groups is 3. The molecule has 1 heterocycles. The Morgan fingerprint density at radius 1 is 1.35 bits per heavy atom. The molecule has 20 heavy (non-hydrogen) atoms. The quantitative estimate of drug-likeness (QED) is 0.501. The number of carboxylic acids is 1. The fourth-order valence-corrected chi connectivity index (χ4v) is 1.84. The lowest BCUT2D eigenvalue weighted by Gasteiger charge is -2.12. The summed E-state index contributed by atoms with van der Waals surface area (Å²) >= 11 is 0. The van der Waals surface area contributed by atoms with Crippen molar-refractivity contribution in [3.63, 3.8) is 0 Å². The van der Waals surface area contributed by atoms with Crippen LogP contribution in [0.15, 0.2) is 18.2 Å². The summed E-state index contributed by atoms with van der Waals surface area (Å²) in [6, 6.07) is 2.86. The molecule has 1 fully saturated rings. The highest BCUT2D eigenvalue weighted by Crippen LogP contribution is 2.21. The fraction of sp³-hybridized carbons (Fsp3) is 0.250. The van der Waals surface area contributed by atoms with Gasteiger partial charge in [0.1, 0.15) is 11.3 Å². The fourth-order valence-electron chi connectivity index (χ4n) is 1.84. The Balaban J connectivity index is 1.99. The number of carboxylic acid groups (broad SMARTS) is 1. The van der Waals surface area contributed by atoms with E-state index in [9.17, 15) is 19.5 Å². The van der Waals surface area contributed by atoms with Crippen LogP contribution in [0.4, 0.5) is 10.5 Å². The molecule has 0 saturated carbocycles. The van der Waals surface area contributed by atoms with Gasteiger partial charge in [0.15, 0.2) is 0 Å². The van der Waals surface area contributed by atoms with E-state index in [0.717, 1.165) is 6.07 Å². The first-order valence-electron chi connectivity index (χ1n) is 5.86. The zero-order valence-corrected chi connectivity index (χ0v) is 10.3. The lowest BCUT2D eigenvalue weighted by Crippen LogP contribution is -2.39. The first kappa shape index (κ1) is 13.7. The van der Waals surface area contributed by atoms with E-state index in [-0.39, 0.29) is 35.4 Å². The zero-order chi connectivity index (χ0) is 14.7. The minimum absolute atomic E-state index is 0.131. The number of hydrogen-bond donors (Lipinski definition) is 5. The molecule has 1 aliphatic rings. The van der Waals surface area contributed by atoms with Crippen LogP contribution < -0.4 is 16.0 Å². The van der Waals surface area contributed by atoms with Crippen molar-refractivity contribution in [1.82, 2.24) is 10.6 Å². The molecule has 8 heteroatoms. The van der Waals surface area contributed by atoms with Crippen LogP contribution >= 0.6 is 0 Å². The molecule has 8 nitrogen and oxygen atoms in total. The lowest BCUT2D eigenvalue weighted by molar-refractivity contribution is -0.119. The van der Waals surface area contributed by atoms with E-state index < -0.39 is 12.0 Å². The predicted octanol–water partition coefficient (Wildman–Crippen LogP) is 0.100. The molecule has 1 aromatic carbocycles. The molecule has 1 unspecified atom stereocenters. The summed E-state index contributed by atoms with van der Waals surface area (Å²) < 4.78 is 0. The Morgan fingerprint density at radius 2 is 2.10 bits per heavy atom. The molecule has 3 amide bonds. The van der Waals surface area contributed by atoms with Crippen LogP contribution in [0.1, 0.15) is 16.8 Å². The Labute approximate surface area is 113 Å². The highest BCUT2D eigenvalue weighted by atomic mass is 16.4. The van der Waals surface area contributed by atoms with Gasteiger partial charge in [0, 0.05) is 18.7 Å². The maximum absolute atomic E-state index is 11.7. The maximum atomic E-state index is 11.7. The molecule has 1 aromatic rings. The minimum atomic E-state index is -1.29. The Morgan fingerprint density at radius 3 is 2.70 bits per heavy atom. The van der Waals surface area contributed by atoms with Crippen LogP contribution in [0, 0.1) is 0 Å². The molecule has 0 spiro atoms. The van der Waals surface area contributed by atoms with Gasteiger partial charge in [-0.1, -0.05) is 0 Å². The molecule has 1 aliphatic heterocycles. The van der Waals surface area contributed by atoms with Gasteiger partial charge in [0.2, 0.25) is 5.91 Å². The van der Waals surface area contributed by atoms with Crippen LogP contribution in [0.2, 0.25) is 0 Å². The molecule has 0 bridgehead atoms. The average molecular weight is 279 g/mol. The average Bonchev–Trinajstić information content (AvgIpc) is 2.76. The van der Waals surface area contributed by atoms with Gasteiger partial charge in [0.05, 0.1) is 6.04 Å². The van der Waals surface area contributed by atoms with Crippen LogP contribution in [-0.2, 0) is 4.79 Å². The van der Waals surface area contributed by atoms with Crippen molar-refractivity contribution in [3.05, 3.63) is 23.8 Å². The highest BCUT2D eigenvalue weighted by Gasteiger charge is 2.23. The van der Waals surface area contributed by atoms with Gasteiger partial charge >= 0.3 is 12.0 Å². The minimum Gasteiger partial charge on any atom is -0.507 e. The second-order valence-electron chi connectivity index (χ2n) is 4.34. The largest absolute Gasteiger partial charge is 0.507 e. The molecular weight excluding hydrogens is 266 g/mol. The number of aromatic hydroxyl groups is 1. The SMILES string of the molecule is O=C1CC(NC(=O)Nc2ccc(O)c(C(=O)O)c2)CN1. The van der Waals surface area contributed by atoms with Crippen molar-refractivity contribution in [3.8, 4) is 5.75 Å². The van der Waals surface area contributed by atoms with Gasteiger partial charge in [-0.2, -0.15) is 0 Å². The summed E-state index contributed by atoms with van der Waals surface area (Å²) in [5.74, 6) is -1.81. The van der Waals surface area contributed by atoms with Crippen molar-refractivity contribution < 1.29 is 24.6 Å². The first-order valence-corrected chi connectivity index (χ1v) is 5.86. The predicted molar refractivity (Wildman–Crippen MR) is 68.6 cm³/mol. The van der Waals surface area contributed by atoms with Gasteiger partial charge in [-0.25, -0.2) is 9.59 Å². The van der Waals surface area contributed by atoms with Crippen molar-refractivity contribution in [2.24, 2.45) is 0 Å². The summed E-state index contributed by atoms with van der Waals surface area (Å²) in [7, 11) is 0. The molecule has 2 rings (SSSR count). The number of rotatable bonds is 3. The number of benzene rings is 1. The van der Waals surface area contributed by atoms with E-state index in [1.54, 1.807) is 0 Å². The summed E-state index contributed by atoms with van der Waals surface area (Å²) in [6.07, 6.45) is 0.212. The van der Waals surface area contributed by atoms with Crippen LogP contribution in [0.3, 0.4) is 0 Å². The summed E-state index contributed by atoms with van der Waals surface area (Å²) in [5, 5.41) is 25.8. The number of phenols is 1. The van der Waals surface area contributed by atoms with E-state index in [1.165, 1.54) is 12.1 Å². The summed E-state index contributed by atoms with van der Waals surface area (Å²) in [4.78, 5) is 33.5. The Bertz CT molecular complexity index is 572. The molecule has 106 valence electrons. The number of nitrogens with one attached hydrogen (secondary N) is 3. The number of aromatic carboxylic acids is 1. The normalized spacial score (nSPS) is 17.4. The standard InChI is InChI=1S/C12H13N3O5/c16-9-2-1-6(3-8(9)11(18)19)14-12(20)15-7-4-10(17)13-5-7/h1-3,7,16H,4-5H2,(H,13,17)(H,18,19)(H2,14,15,20). The van der Waals surface area contributed by atoms with E-state index in [0.29, 0.717) is 6.54 Å². The zero-order valence-electron chi connectivity index (χ0n) is 10.3. The number of amides is 3. The van der Waals surface area contributed by atoms with Crippen molar-refractivity contribution in [2.45, 2.75) is 12.5 Å². The highest BCUT2D eigenvalue weighted by molar-refractivity contribution is 5.95.